The topological polar surface area (TPSA) is 80.5 Å². The minimum atomic E-state index is -4.06. The van der Waals surface area contributed by atoms with Crippen molar-refractivity contribution in [1.82, 2.24) is 4.31 Å². The van der Waals surface area contributed by atoms with Gasteiger partial charge in [-0.3, -0.25) is 10.1 Å². The number of benzene rings is 2. The summed E-state index contributed by atoms with van der Waals surface area (Å²) >= 11 is 1.61. The van der Waals surface area contributed by atoms with Crippen molar-refractivity contribution >= 4 is 27.0 Å². The summed E-state index contributed by atoms with van der Waals surface area (Å²) in [6.45, 7) is 0.279. The third kappa shape index (κ3) is 3.05. The van der Waals surface area contributed by atoms with Crippen molar-refractivity contribution in [2.24, 2.45) is 0 Å². The van der Waals surface area contributed by atoms with E-state index in [1.807, 2.05) is 41.8 Å². The zero-order valence-electron chi connectivity index (χ0n) is 14.2. The Hall–Kier alpha value is -2.55. The van der Waals surface area contributed by atoms with Gasteiger partial charge in [-0.2, -0.15) is 4.31 Å². The van der Waals surface area contributed by atoms with Crippen LogP contribution < -0.4 is 0 Å². The summed E-state index contributed by atoms with van der Waals surface area (Å²) in [5.41, 5.74) is 1.39. The lowest BCUT2D eigenvalue weighted by Crippen LogP contribution is -2.40. The van der Waals surface area contributed by atoms with E-state index in [1.165, 1.54) is 28.6 Å². The molecule has 0 bridgehead atoms. The van der Waals surface area contributed by atoms with Crippen LogP contribution in [0.1, 0.15) is 22.0 Å². The minimum absolute atomic E-state index is 0.269. The molecule has 1 aromatic heterocycles. The van der Waals surface area contributed by atoms with Gasteiger partial charge in [-0.05, 0) is 35.1 Å². The summed E-state index contributed by atoms with van der Waals surface area (Å²) in [5, 5.41) is 13.3. The van der Waals surface area contributed by atoms with Gasteiger partial charge < -0.3 is 0 Å². The highest BCUT2D eigenvalue weighted by Gasteiger charge is 2.40. The molecule has 0 saturated heterocycles. The molecule has 0 N–H and O–H groups in total. The highest BCUT2D eigenvalue weighted by Crippen LogP contribution is 2.41. The van der Waals surface area contributed by atoms with Gasteiger partial charge in [0, 0.05) is 17.5 Å². The van der Waals surface area contributed by atoms with Crippen LogP contribution in [0.5, 0.6) is 0 Å². The second-order valence-corrected chi connectivity index (χ2v) is 9.06. The first-order valence-electron chi connectivity index (χ1n) is 8.36. The van der Waals surface area contributed by atoms with Crippen LogP contribution in [0.15, 0.2) is 70.9 Å². The van der Waals surface area contributed by atoms with E-state index in [0.29, 0.717) is 6.42 Å². The lowest BCUT2D eigenvalue weighted by atomic mass is 9.95. The number of fused-ring (bicyclic) bond motifs is 1. The first-order valence-corrected chi connectivity index (χ1v) is 10.7. The fourth-order valence-corrected chi connectivity index (χ4v) is 6.14. The van der Waals surface area contributed by atoms with E-state index in [9.17, 15) is 18.5 Å². The lowest BCUT2D eigenvalue weighted by Gasteiger charge is -2.35. The van der Waals surface area contributed by atoms with Gasteiger partial charge in [-0.1, -0.05) is 42.5 Å². The molecule has 0 aliphatic carbocycles. The summed E-state index contributed by atoms with van der Waals surface area (Å²) < 4.78 is 28.3. The number of nitrogens with zero attached hydrogens (tertiary/aromatic N) is 2. The second-order valence-electron chi connectivity index (χ2n) is 6.20. The molecule has 6 nitrogen and oxygen atoms in total. The predicted molar refractivity (Wildman–Crippen MR) is 103 cm³/mol. The van der Waals surface area contributed by atoms with Gasteiger partial charge in [0.1, 0.15) is 0 Å². The number of nitro groups is 1. The maximum atomic E-state index is 13.5. The third-order valence-electron chi connectivity index (χ3n) is 4.69. The van der Waals surface area contributed by atoms with Crippen LogP contribution in [0.25, 0.3) is 0 Å². The van der Waals surface area contributed by atoms with Crippen molar-refractivity contribution in [2.45, 2.75) is 17.4 Å². The van der Waals surface area contributed by atoms with Gasteiger partial charge in [0.05, 0.1) is 11.0 Å². The Kier molecular flexibility index (Phi) is 4.55. The molecule has 4 rings (SSSR count). The molecular formula is C19H16N2O4S2. The van der Waals surface area contributed by atoms with Gasteiger partial charge >= 0.3 is 0 Å². The number of nitro benzene ring substituents is 1. The molecule has 0 fully saturated rings. The minimum Gasteiger partial charge on any atom is -0.258 e. The molecule has 0 amide bonds. The second kappa shape index (κ2) is 6.88. The van der Waals surface area contributed by atoms with E-state index in [1.54, 1.807) is 11.3 Å². The summed E-state index contributed by atoms with van der Waals surface area (Å²) in [4.78, 5) is 11.6. The van der Waals surface area contributed by atoms with Crippen molar-refractivity contribution in [3.05, 3.63) is 92.2 Å². The summed E-state index contributed by atoms with van der Waals surface area (Å²) in [6, 6.07) is 16.3. The molecule has 27 heavy (non-hydrogen) atoms. The molecule has 0 radical (unpaired) electrons. The van der Waals surface area contributed by atoms with Crippen molar-refractivity contribution in [3.63, 3.8) is 0 Å². The van der Waals surface area contributed by atoms with Gasteiger partial charge in [-0.15, -0.1) is 11.3 Å². The van der Waals surface area contributed by atoms with Crippen molar-refractivity contribution in [1.29, 1.82) is 0 Å². The molecule has 2 aromatic carbocycles. The molecule has 3 aromatic rings. The first kappa shape index (κ1) is 17.8. The number of hydrogen-bond donors (Lipinski definition) is 0. The number of rotatable bonds is 4. The predicted octanol–water partition coefficient (Wildman–Crippen LogP) is 3.99. The van der Waals surface area contributed by atoms with Crippen LogP contribution in [0.3, 0.4) is 0 Å². The average Bonchev–Trinajstić information content (AvgIpc) is 3.16. The molecule has 138 valence electrons. The Morgan fingerprint density at radius 2 is 1.74 bits per heavy atom. The Labute approximate surface area is 160 Å². The van der Waals surface area contributed by atoms with Gasteiger partial charge in [0.2, 0.25) is 0 Å². The number of para-hydroxylation sites is 1. The molecule has 2 heterocycles. The van der Waals surface area contributed by atoms with E-state index in [4.69, 9.17) is 0 Å². The number of hydrogen-bond acceptors (Lipinski definition) is 5. The third-order valence-corrected chi connectivity index (χ3v) is 7.59. The molecule has 1 aliphatic heterocycles. The van der Waals surface area contributed by atoms with Crippen LogP contribution in [0, 0.1) is 10.1 Å². The Morgan fingerprint density at radius 3 is 2.48 bits per heavy atom. The normalized spacial score (nSPS) is 17.4. The summed E-state index contributed by atoms with van der Waals surface area (Å²) in [7, 11) is -4.06. The SMILES string of the molecule is O=[N+]([O-])c1ccccc1S(=O)(=O)N1CCc2sccc2[C@@H]1c1ccccc1. The Bertz CT molecular complexity index is 1090. The molecule has 1 aliphatic rings. The largest absolute Gasteiger partial charge is 0.289 e. The maximum absolute atomic E-state index is 13.5. The van der Waals surface area contributed by atoms with E-state index in [2.05, 4.69) is 0 Å². The fraction of sp³-hybridized carbons (Fsp3) is 0.158. The first-order chi connectivity index (χ1) is 13.0. The van der Waals surface area contributed by atoms with Crippen molar-refractivity contribution < 1.29 is 13.3 Å². The van der Waals surface area contributed by atoms with E-state index in [0.717, 1.165) is 16.0 Å². The van der Waals surface area contributed by atoms with Crippen LogP contribution in [0.2, 0.25) is 0 Å². The standard InChI is InChI=1S/C19H16N2O4S2/c22-21(23)16-8-4-5-9-18(16)27(24,25)20-12-10-17-15(11-13-26-17)19(20)14-6-2-1-3-7-14/h1-9,11,13,19H,10,12H2/t19-/m0/s1. The zero-order valence-corrected chi connectivity index (χ0v) is 15.8. The molecule has 0 saturated carbocycles. The van der Waals surface area contributed by atoms with Crippen LogP contribution in [-0.4, -0.2) is 24.2 Å². The summed E-state index contributed by atoms with van der Waals surface area (Å²) in [6.07, 6.45) is 0.593. The zero-order chi connectivity index (χ0) is 19.0. The highest BCUT2D eigenvalue weighted by molar-refractivity contribution is 7.89. The van der Waals surface area contributed by atoms with Gasteiger partial charge in [-0.25, -0.2) is 8.42 Å². The van der Waals surface area contributed by atoms with E-state index >= 15 is 0 Å². The summed E-state index contributed by atoms with van der Waals surface area (Å²) in [5.74, 6) is 0. The fourth-order valence-electron chi connectivity index (χ4n) is 3.49. The molecule has 8 heteroatoms. The average molecular weight is 400 g/mol. The monoisotopic (exact) mass is 400 g/mol. The quantitative estimate of drug-likeness (QED) is 0.490. The molecule has 0 unspecified atom stereocenters. The highest BCUT2D eigenvalue weighted by atomic mass is 32.2. The molecule has 0 spiro atoms. The van der Waals surface area contributed by atoms with Crippen LogP contribution >= 0.6 is 11.3 Å². The number of thiophene rings is 1. The van der Waals surface area contributed by atoms with E-state index < -0.39 is 26.7 Å². The Morgan fingerprint density at radius 1 is 1.04 bits per heavy atom. The van der Waals surface area contributed by atoms with Gasteiger partial charge in [0.25, 0.3) is 15.7 Å². The maximum Gasteiger partial charge on any atom is 0.289 e. The smallest absolute Gasteiger partial charge is 0.258 e. The van der Waals surface area contributed by atoms with Gasteiger partial charge in [0.15, 0.2) is 4.90 Å². The molecule has 1 atom stereocenters. The van der Waals surface area contributed by atoms with Crippen LogP contribution in [-0.2, 0) is 16.4 Å². The molecular weight excluding hydrogens is 384 g/mol. The van der Waals surface area contributed by atoms with E-state index in [-0.39, 0.29) is 11.4 Å². The van der Waals surface area contributed by atoms with Crippen molar-refractivity contribution in [2.75, 3.05) is 6.54 Å². The Balaban J connectivity index is 1.88. The lowest BCUT2D eigenvalue weighted by molar-refractivity contribution is -0.387. The van der Waals surface area contributed by atoms with Crippen LogP contribution in [0.4, 0.5) is 5.69 Å². The number of sulfonamides is 1. The van der Waals surface area contributed by atoms with Crippen molar-refractivity contribution in [3.8, 4) is 0 Å².